The number of fused-ring (bicyclic) bond motifs is 1. The molecule has 0 atom stereocenters. The van der Waals surface area contributed by atoms with Crippen LogP contribution in [0.2, 0.25) is 5.02 Å². The van der Waals surface area contributed by atoms with Gasteiger partial charge in [-0.1, -0.05) is 41.9 Å². The van der Waals surface area contributed by atoms with Crippen LogP contribution in [0.3, 0.4) is 0 Å². The molecule has 0 aliphatic heterocycles. The number of halogens is 2. The minimum Gasteiger partial charge on any atom is -0.507 e. The predicted octanol–water partition coefficient (Wildman–Crippen LogP) is 4.95. The SMILES string of the molecule is Oc1cccc2c(NCc3c(F)cccc3Cl)cccc12. The van der Waals surface area contributed by atoms with Crippen LogP contribution in [0.1, 0.15) is 5.56 Å². The van der Waals surface area contributed by atoms with Crippen LogP contribution in [0.4, 0.5) is 10.1 Å². The van der Waals surface area contributed by atoms with Gasteiger partial charge in [0.1, 0.15) is 11.6 Å². The molecule has 0 bridgehead atoms. The van der Waals surface area contributed by atoms with E-state index in [1.165, 1.54) is 6.07 Å². The molecule has 3 aromatic rings. The van der Waals surface area contributed by atoms with Gasteiger partial charge in [0.15, 0.2) is 0 Å². The number of anilines is 1. The van der Waals surface area contributed by atoms with Crippen molar-refractivity contribution < 1.29 is 9.50 Å². The van der Waals surface area contributed by atoms with Gasteiger partial charge in [-0.3, -0.25) is 0 Å². The van der Waals surface area contributed by atoms with E-state index in [4.69, 9.17) is 11.6 Å². The maximum Gasteiger partial charge on any atom is 0.129 e. The van der Waals surface area contributed by atoms with Crippen molar-refractivity contribution in [3.63, 3.8) is 0 Å². The topological polar surface area (TPSA) is 32.3 Å². The van der Waals surface area contributed by atoms with Gasteiger partial charge in [-0.15, -0.1) is 0 Å². The zero-order valence-electron chi connectivity index (χ0n) is 11.1. The minimum atomic E-state index is -0.335. The van der Waals surface area contributed by atoms with E-state index < -0.39 is 0 Å². The Morgan fingerprint density at radius 3 is 2.48 bits per heavy atom. The fourth-order valence-electron chi connectivity index (χ4n) is 2.33. The minimum absolute atomic E-state index is 0.222. The van der Waals surface area contributed by atoms with Gasteiger partial charge in [-0.05, 0) is 24.3 Å². The molecule has 3 rings (SSSR count). The van der Waals surface area contributed by atoms with Crippen LogP contribution in [-0.4, -0.2) is 5.11 Å². The predicted molar refractivity (Wildman–Crippen MR) is 84.3 cm³/mol. The van der Waals surface area contributed by atoms with E-state index in [0.29, 0.717) is 10.6 Å². The molecular weight excluding hydrogens is 289 g/mol. The molecule has 0 radical (unpaired) electrons. The van der Waals surface area contributed by atoms with Crippen molar-refractivity contribution in [2.24, 2.45) is 0 Å². The molecule has 0 aliphatic rings. The van der Waals surface area contributed by atoms with Crippen molar-refractivity contribution in [3.8, 4) is 5.75 Å². The molecule has 21 heavy (non-hydrogen) atoms. The second-order valence-electron chi connectivity index (χ2n) is 4.73. The van der Waals surface area contributed by atoms with E-state index in [-0.39, 0.29) is 18.1 Å². The lowest BCUT2D eigenvalue weighted by atomic mass is 10.1. The summed E-state index contributed by atoms with van der Waals surface area (Å²) in [6.45, 7) is 0.278. The van der Waals surface area contributed by atoms with E-state index in [9.17, 15) is 9.50 Å². The number of aromatic hydroxyl groups is 1. The summed E-state index contributed by atoms with van der Waals surface area (Å²) in [6.07, 6.45) is 0. The summed E-state index contributed by atoms with van der Waals surface area (Å²) in [6, 6.07) is 15.5. The van der Waals surface area contributed by atoms with Crippen LogP contribution >= 0.6 is 11.6 Å². The first-order valence-corrected chi connectivity index (χ1v) is 6.92. The third-order valence-corrected chi connectivity index (χ3v) is 3.77. The quantitative estimate of drug-likeness (QED) is 0.717. The first-order chi connectivity index (χ1) is 10.2. The summed E-state index contributed by atoms with van der Waals surface area (Å²) in [5.74, 6) is -0.113. The zero-order chi connectivity index (χ0) is 14.8. The molecule has 3 aromatic carbocycles. The number of phenols is 1. The summed E-state index contributed by atoms with van der Waals surface area (Å²) >= 11 is 6.02. The van der Waals surface area contributed by atoms with Gasteiger partial charge in [-0.25, -0.2) is 4.39 Å². The van der Waals surface area contributed by atoms with Crippen LogP contribution < -0.4 is 5.32 Å². The first kappa shape index (κ1) is 13.7. The monoisotopic (exact) mass is 301 g/mol. The molecule has 4 heteroatoms. The lowest BCUT2D eigenvalue weighted by Gasteiger charge is -2.12. The van der Waals surface area contributed by atoms with E-state index >= 15 is 0 Å². The van der Waals surface area contributed by atoms with E-state index in [1.54, 1.807) is 24.3 Å². The molecular formula is C17H13ClFNO. The number of benzene rings is 3. The molecule has 106 valence electrons. The molecule has 0 aliphatic carbocycles. The first-order valence-electron chi connectivity index (χ1n) is 6.54. The van der Waals surface area contributed by atoms with Crippen molar-refractivity contribution in [1.29, 1.82) is 0 Å². The summed E-state index contributed by atoms with van der Waals surface area (Å²) in [5.41, 5.74) is 1.25. The average Bonchev–Trinajstić information content (AvgIpc) is 2.47. The second-order valence-corrected chi connectivity index (χ2v) is 5.14. The second kappa shape index (κ2) is 5.62. The van der Waals surface area contributed by atoms with Crippen molar-refractivity contribution in [1.82, 2.24) is 0 Å². The highest BCUT2D eigenvalue weighted by molar-refractivity contribution is 6.31. The Morgan fingerprint density at radius 1 is 0.952 bits per heavy atom. The summed E-state index contributed by atoms with van der Waals surface area (Å²) in [7, 11) is 0. The van der Waals surface area contributed by atoms with Crippen molar-refractivity contribution >= 4 is 28.1 Å². The normalized spacial score (nSPS) is 10.8. The molecule has 0 unspecified atom stereocenters. The number of hydrogen-bond donors (Lipinski definition) is 2. The van der Waals surface area contributed by atoms with E-state index in [2.05, 4.69) is 5.32 Å². The summed E-state index contributed by atoms with van der Waals surface area (Å²) in [5, 5.41) is 15.1. The van der Waals surface area contributed by atoms with Crippen LogP contribution in [0.15, 0.2) is 54.6 Å². The maximum absolute atomic E-state index is 13.8. The van der Waals surface area contributed by atoms with Gasteiger partial charge < -0.3 is 10.4 Å². The largest absolute Gasteiger partial charge is 0.507 e. The summed E-state index contributed by atoms with van der Waals surface area (Å²) in [4.78, 5) is 0. The summed E-state index contributed by atoms with van der Waals surface area (Å²) < 4.78 is 13.8. The average molecular weight is 302 g/mol. The third kappa shape index (κ3) is 2.65. The van der Waals surface area contributed by atoms with Gasteiger partial charge in [0.05, 0.1) is 0 Å². The fourth-order valence-corrected chi connectivity index (χ4v) is 2.56. The van der Waals surface area contributed by atoms with Gasteiger partial charge in [0.25, 0.3) is 0 Å². The van der Waals surface area contributed by atoms with Crippen molar-refractivity contribution in [3.05, 3.63) is 71.0 Å². The van der Waals surface area contributed by atoms with Crippen molar-refractivity contribution in [2.75, 3.05) is 5.32 Å². The molecule has 0 amide bonds. The highest BCUT2D eigenvalue weighted by Gasteiger charge is 2.08. The Labute approximate surface area is 126 Å². The lowest BCUT2D eigenvalue weighted by Crippen LogP contribution is -2.03. The molecule has 0 spiro atoms. The Balaban J connectivity index is 1.94. The molecule has 0 saturated heterocycles. The lowest BCUT2D eigenvalue weighted by molar-refractivity contribution is 0.481. The van der Waals surface area contributed by atoms with Crippen LogP contribution in [0.5, 0.6) is 5.75 Å². The number of nitrogens with one attached hydrogen (secondary N) is 1. The third-order valence-electron chi connectivity index (χ3n) is 3.42. The van der Waals surface area contributed by atoms with Gasteiger partial charge in [0.2, 0.25) is 0 Å². The fraction of sp³-hybridized carbons (Fsp3) is 0.0588. The van der Waals surface area contributed by atoms with Crippen LogP contribution in [0, 0.1) is 5.82 Å². The molecule has 0 aromatic heterocycles. The van der Waals surface area contributed by atoms with Gasteiger partial charge in [0, 0.05) is 33.6 Å². The van der Waals surface area contributed by atoms with Crippen LogP contribution in [0.25, 0.3) is 10.8 Å². The molecule has 2 N–H and O–H groups in total. The number of rotatable bonds is 3. The smallest absolute Gasteiger partial charge is 0.129 e. The molecule has 2 nitrogen and oxygen atoms in total. The Bertz CT molecular complexity index is 784. The number of phenolic OH excluding ortho intramolecular Hbond substituents is 1. The van der Waals surface area contributed by atoms with E-state index in [1.807, 2.05) is 24.3 Å². The molecule has 0 heterocycles. The van der Waals surface area contributed by atoms with Crippen molar-refractivity contribution in [2.45, 2.75) is 6.54 Å². The van der Waals surface area contributed by atoms with E-state index in [0.717, 1.165) is 16.5 Å². The Hall–Kier alpha value is -2.26. The molecule has 0 fully saturated rings. The maximum atomic E-state index is 13.8. The highest BCUT2D eigenvalue weighted by atomic mass is 35.5. The standard InChI is InChI=1S/C17H13ClFNO/c18-14-6-3-7-15(19)13(14)10-20-16-8-1-5-12-11(16)4-2-9-17(12)21/h1-9,20-21H,10H2. The number of hydrogen-bond acceptors (Lipinski definition) is 2. The Morgan fingerprint density at radius 2 is 1.67 bits per heavy atom. The van der Waals surface area contributed by atoms with Gasteiger partial charge in [-0.2, -0.15) is 0 Å². The van der Waals surface area contributed by atoms with Crippen LogP contribution in [-0.2, 0) is 6.54 Å². The zero-order valence-corrected chi connectivity index (χ0v) is 11.9. The molecule has 0 saturated carbocycles. The Kier molecular flexibility index (Phi) is 3.67. The van der Waals surface area contributed by atoms with Gasteiger partial charge >= 0.3 is 0 Å². The highest BCUT2D eigenvalue weighted by Crippen LogP contribution is 2.30.